The summed E-state index contributed by atoms with van der Waals surface area (Å²) in [6.07, 6.45) is 10.2. The van der Waals surface area contributed by atoms with Crippen molar-refractivity contribution < 1.29 is 13.6 Å². The Balaban J connectivity index is 1.55. The molecular weight excluding hydrogens is 342 g/mol. The van der Waals surface area contributed by atoms with Gasteiger partial charge in [0.2, 0.25) is 5.91 Å². The SMILES string of the molecule is CCc1cn(C[C@@H]2CCCN(C(=O)/C=C/c3cnn(C(F)F)c3)C2)nn1. The summed E-state index contributed by atoms with van der Waals surface area (Å²) < 4.78 is 27.4. The predicted octanol–water partition coefficient (Wildman–Crippen LogP) is 2.38. The second-order valence-electron chi connectivity index (χ2n) is 6.44. The van der Waals surface area contributed by atoms with Crippen molar-refractivity contribution in [2.45, 2.75) is 39.3 Å². The zero-order chi connectivity index (χ0) is 18.5. The number of carbonyl (C=O) groups is 1. The average molecular weight is 364 g/mol. The van der Waals surface area contributed by atoms with E-state index < -0.39 is 6.55 Å². The molecule has 3 rings (SSSR count). The van der Waals surface area contributed by atoms with Gasteiger partial charge >= 0.3 is 6.55 Å². The number of nitrogens with zero attached hydrogens (tertiary/aromatic N) is 6. The summed E-state index contributed by atoms with van der Waals surface area (Å²) in [6.45, 7) is 1.45. The molecule has 1 atom stereocenters. The Morgan fingerprint density at radius 2 is 2.27 bits per heavy atom. The standard InChI is InChI=1S/C17H22F2N6O/c1-2-15-12-24(22-21-15)10-14-4-3-7-23(9-14)16(26)6-5-13-8-20-25(11-13)17(18)19/h5-6,8,11-12,14,17H,2-4,7,9-10H2,1H3/b6-5+/t14-/m1/s1. The van der Waals surface area contributed by atoms with Crippen molar-refractivity contribution in [3.05, 3.63) is 35.9 Å². The molecule has 7 nitrogen and oxygen atoms in total. The minimum Gasteiger partial charge on any atom is -0.339 e. The molecule has 1 aliphatic rings. The number of likely N-dealkylation sites (tertiary alicyclic amines) is 1. The minimum atomic E-state index is -2.68. The Kier molecular flexibility index (Phi) is 5.75. The summed E-state index contributed by atoms with van der Waals surface area (Å²) in [5.74, 6) is 0.210. The van der Waals surface area contributed by atoms with Crippen LogP contribution in [0.1, 0.15) is 37.6 Å². The summed E-state index contributed by atoms with van der Waals surface area (Å²) in [4.78, 5) is 14.2. The number of hydrogen-bond acceptors (Lipinski definition) is 4. The van der Waals surface area contributed by atoms with Gasteiger partial charge in [0.15, 0.2) is 0 Å². The molecule has 0 spiro atoms. The van der Waals surface area contributed by atoms with Crippen LogP contribution in [0.3, 0.4) is 0 Å². The highest BCUT2D eigenvalue weighted by atomic mass is 19.3. The van der Waals surface area contributed by atoms with Gasteiger partial charge in [0.05, 0.1) is 11.9 Å². The van der Waals surface area contributed by atoms with Gasteiger partial charge in [-0.05, 0) is 31.3 Å². The third kappa shape index (κ3) is 4.53. The second kappa shape index (κ2) is 8.20. The third-order valence-corrected chi connectivity index (χ3v) is 4.46. The normalized spacial score (nSPS) is 18.2. The van der Waals surface area contributed by atoms with Crippen molar-refractivity contribution in [1.29, 1.82) is 0 Å². The van der Waals surface area contributed by atoms with Crippen molar-refractivity contribution >= 4 is 12.0 Å². The molecule has 0 bridgehead atoms. The van der Waals surface area contributed by atoms with Gasteiger partial charge < -0.3 is 4.90 Å². The van der Waals surface area contributed by atoms with E-state index in [0.717, 1.165) is 31.5 Å². The van der Waals surface area contributed by atoms with Crippen molar-refractivity contribution in [3.8, 4) is 0 Å². The first-order valence-electron chi connectivity index (χ1n) is 8.73. The first-order chi connectivity index (χ1) is 12.5. The number of aromatic nitrogens is 5. The summed E-state index contributed by atoms with van der Waals surface area (Å²) in [7, 11) is 0. The Bertz CT molecular complexity index is 769. The van der Waals surface area contributed by atoms with Crippen LogP contribution in [0.5, 0.6) is 0 Å². The van der Waals surface area contributed by atoms with Gasteiger partial charge in [-0.1, -0.05) is 12.1 Å². The van der Waals surface area contributed by atoms with E-state index >= 15 is 0 Å². The Morgan fingerprint density at radius 1 is 1.42 bits per heavy atom. The number of piperidine rings is 1. The van der Waals surface area contributed by atoms with Crippen LogP contribution in [0.25, 0.3) is 6.08 Å². The quantitative estimate of drug-likeness (QED) is 0.738. The van der Waals surface area contributed by atoms with Gasteiger partial charge in [0, 0.05) is 43.7 Å². The Labute approximate surface area is 150 Å². The molecule has 2 aromatic heterocycles. The van der Waals surface area contributed by atoms with E-state index in [1.807, 2.05) is 17.8 Å². The molecule has 0 radical (unpaired) electrons. The largest absolute Gasteiger partial charge is 0.339 e. The fourth-order valence-electron chi connectivity index (χ4n) is 3.09. The van der Waals surface area contributed by atoms with Gasteiger partial charge in [-0.25, -0.2) is 4.68 Å². The van der Waals surface area contributed by atoms with Crippen molar-refractivity contribution in [1.82, 2.24) is 29.7 Å². The smallest absolute Gasteiger partial charge is 0.333 e. The zero-order valence-electron chi connectivity index (χ0n) is 14.6. The molecule has 140 valence electrons. The van der Waals surface area contributed by atoms with Crippen molar-refractivity contribution in [2.24, 2.45) is 5.92 Å². The molecule has 0 unspecified atom stereocenters. The number of rotatable bonds is 6. The molecule has 0 saturated carbocycles. The second-order valence-corrected chi connectivity index (χ2v) is 6.44. The van der Waals surface area contributed by atoms with E-state index in [-0.39, 0.29) is 5.91 Å². The lowest BCUT2D eigenvalue weighted by atomic mass is 9.98. The van der Waals surface area contributed by atoms with E-state index in [1.54, 1.807) is 4.90 Å². The molecule has 1 saturated heterocycles. The van der Waals surface area contributed by atoms with E-state index in [0.29, 0.717) is 29.3 Å². The molecule has 0 aliphatic carbocycles. The fraction of sp³-hybridized carbons (Fsp3) is 0.529. The highest BCUT2D eigenvalue weighted by molar-refractivity contribution is 5.91. The number of amides is 1. The van der Waals surface area contributed by atoms with Gasteiger partial charge in [0.1, 0.15) is 0 Å². The van der Waals surface area contributed by atoms with Crippen LogP contribution in [0, 0.1) is 5.92 Å². The highest BCUT2D eigenvalue weighted by Gasteiger charge is 2.23. The lowest BCUT2D eigenvalue weighted by Gasteiger charge is -2.32. The number of carbonyl (C=O) groups excluding carboxylic acids is 1. The van der Waals surface area contributed by atoms with E-state index in [1.165, 1.54) is 24.5 Å². The lowest BCUT2D eigenvalue weighted by molar-refractivity contribution is -0.127. The fourth-order valence-corrected chi connectivity index (χ4v) is 3.09. The molecule has 0 aromatic carbocycles. The maximum atomic E-state index is 12.5. The van der Waals surface area contributed by atoms with Gasteiger partial charge in [-0.3, -0.25) is 9.48 Å². The molecule has 1 amide bonds. The van der Waals surface area contributed by atoms with Gasteiger partial charge in [0.25, 0.3) is 0 Å². The van der Waals surface area contributed by atoms with Gasteiger partial charge in [-0.2, -0.15) is 13.9 Å². The molecule has 1 fully saturated rings. The molecule has 3 heterocycles. The number of aryl methyl sites for hydroxylation is 1. The van der Waals surface area contributed by atoms with Crippen LogP contribution in [0.15, 0.2) is 24.7 Å². The maximum absolute atomic E-state index is 12.5. The van der Waals surface area contributed by atoms with Crippen molar-refractivity contribution in [3.63, 3.8) is 0 Å². The molecule has 2 aromatic rings. The molecule has 26 heavy (non-hydrogen) atoms. The lowest BCUT2D eigenvalue weighted by Crippen LogP contribution is -2.40. The van der Waals surface area contributed by atoms with Gasteiger partial charge in [-0.15, -0.1) is 5.10 Å². The van der Waals surface area contributed by atoms with Crippen LogP contribution < -0.4 is 0 Å². The highest BCUT2D eigenvalue weighted by Crippen LogP contribution is 2.19. The predicted molar refractivity (Wildman–Crippen MR) is 91.2 cm³/mol. The monoisotopic (exact) mass is 364 g/mol. The van der Waals surface area contributed by atoms with Crippen LogP contribution in [-0.2, 0) is 17.8 Å². The van der Waals surface area contributed by atoms with E-state index in [2.05, 4.69) is 15.4 Å². The van der Waals surface area contributed by atoms with Crippen LogP contribution in [0.2, 0.25) is 0 Å². The molecule has 1 aliphatic heterocycles. The molecule has 9 heteroatoms. The third-order valence-electron chi connectivity index (χ3n) is 4.46. The van der Waals surface area contributed by atoms with E-state index in [4.69, 9.17) is 0 Å². The van der Waals surface area contributed by atoms with E-state index in [9.17, 15) is 13.6 Å². The van der Waals surface area contributed by atoms with Crippen LogP contribution in [-0.4, -0.2) is 48.7 Å². The number of halogens is 2. The topological polar surface area (TPSA) is 68.8 Å². The minimum absolute atomic E-state index is 0.118. The molecule has 0 N–H and O–H groups in total. The summed E-state index contributed by atoms with van der Waals surface area (Å²) in [6, 6.07) is 0. The van der Waals surface area contributed by atoms with Crippen molar-refractivity contribution in [2.75, 3.05) is 13.1 Å². The maximum Gasteiger partial charge on any atom is 0.333 e. The summed E-state index contributed by atoms with van der Waals surface area (Å²) in [5.41, 5.74) is 1.43. The van der Waals surface area contributed by atoms with Crippen LogP contribution >= 0.6 is 0 Å². The average Bonchev–Trinajstić information content (AvgIpc) is 3.29. The summed E-state index contributed by atoms with van der Waals surface area (Å²) in [5, 5.41) is 11.8. The first-order valence-corrected chi connectivity index (χ1v) is 8.73. The first kappa shape index (κ1) is 18.2. The van der Waals surface area contributed by atoms with Crippen LogP contribution in [0.4, 0.5) is 8.78 Å². The molecular formula is C17H22F2N6O. The number of hydrogen-bond donors (Lipinski definition) is 0. The Morgan fingerprint density at radius 3 is 2.96 bits per heavy atom. The number of alkyl halides is 2. The zero-order valence-corrected chi connectivity index (χ0v) is 14.6. The summed E-state index contributed by atoms with van der Waals surface area (Å²) >= 11 is 0. The Hall–Kier alpha value is -2.58.